The summed E-state index contributed by atoms with van der Waals surface area (Å²) in [5.74, 6) is -0.207. The molecule has 0 aromatic heterocycles. The van der Waals surface area contributed by atoms with E-state index < -0.39 is 11.7 Å². The number of amides is 1. The van der Waals surface area contributed by atoms with E-state index in [9.17, 15) is 9.18 Å². The summed E-state index contributed by atoms with van der Waals surface area (Å²) in [5.41, 5.74) is 1.18. The average molecular weight is 308 g/mol. The molecule has 0 spiro atoms. The van der Waals surface area contributed by atoms with Gasteiger partial charge in [-0.25, -0.2) is 9.18 Å². The molecule has 2 rings (SSSR count). The van der Waals surface area contributed by atoms with Gasteiger partial charge in [0.25, 0.3) is 0 Å². The van der Waals surface area contributed by atoms with Crippen LogP contribution in [-0.4, -0.2) is 24.3 Å². The second-order valence-electron chi connectivity index (χ2n) is 6.90. The standard InChI is InChI=1S/C17H25FN2O2/c1-11-5-6-14(18)13(9-11)15-10-12(7-8-19-15)20-16(21)22-17(2,3)4/h5-6,9,12,15,19H,7-8,10H2,1-4H3,(H,20,21)/t12-,15+/m1/s1. The van der Waals surface area contributed by atoms with Gasteiger partial charge in [0, 0.05) is 17.6 Å². The van der Waals surface area contributed by atoms with Crippen LogP contribution in [0.2, 0.25) is 0 Å². The van der Waals surface area contributed by atoms with E-state index in [4.69, 9.17) is 4.74 Å². The minimum Gasteiger partial charge on any atom is -0.444 e. The normalized spacial score (nSPS) is 22.2. The highest BCUT2D eigenvalue weighted by Gasteiger charge is 2.27. The van der Waals surface area contributed by atoms with E-state index in [0.29, 0.717) is 12.0 Å². The van der Waals surface area contributed by atoms with Gasteiger partial charge in [0.1, 0.15) is 11.4 Å². The van der Waals surface area contributed by atoms with Gasteiger partial charge in [0.05, 0.1) is 0 Å². The minimum absolute atomic E-state index is 0.0130. The molecule has 22 heavy (non-hydrogen) atoms. The van der Waals surface area contributed by atoms with Crippen LogP contribution in [0.15, 0.2) is 18.2 Å². The van der Waals surface area contributed by atoms with Crippen LogP contribution in [0.5, 0.6) is 0 Å². The fourth-order valence-electron chi connectivity index (χ4n) is 2.69. The van der Waals surface area contributed by atoms with Gasteiger partial charge in [0.2, 0.25) is 0 Å². The molecular formula is C17H25FN2O2. The monoisotopic (exact) mass is 308 g/mol. The van der Waals surface area contributed by atoms with Crippen molar-refractivity contribution in [2.75, 3.05) is 6.54 Å². The molecule has 1 amide bonds. The molecule has 0 aliphatic carbocycles. The van der Waals surface area contributed by atoms with Crippen molar-refractivity contribution < 1.29 is 13.9 Å². The molecule has 0 bridgehead atoms. The van der Waals surface area contributed by atoms with E-state index in [2.05, 4.69) is 10.6 Å². The van der Waals surface area contributed by atoms with Gasteiger partial charge in [-0.05, 0) is 53.1 Å². The van der Waals surface area contributed by atoms with Gasteiger partial charge in [-0.2, -0.15) is 0 Å². The van der Waals surface area contributed by atoms with Crippen molar-refractivity contribution in [2.45, 2.75) is 58.2 Å². The van der Waals surface area contributed by atoms with Gasteiger partial charge >= 0.3 is 6.09 Å². The summed E-state index contributed by atoms with van der Waals surface area (Å²) in [6.45, 7) is 8.18. The largest absolute Gasteiger partial charge is 0.444 e. The van der Waals surface area contributed by atoms with Crippen LogP contribution >= 0.6 is 0 Å². The number of piperidine rings is 1. The predicted octanol–water partition coefficient (Wildman–Crippen LogP) is 3.45. The van der Waals surface area contributed by atoms with E-state index >= 15 is 0 Å². The van der Waals surface area contributed by atoms with Gasteiger partial charge in [0.15, 0.2) is 0 Å². The molecule has 2 atom stereocenters. The first-order valence-corrected chi connectivity index (χ1v) is 7.73. The Balaban J connectivity index is 2.00. The van der Waals surface area contributed by atoms with E-state index in [0.717, 1.165) is 18.5 Å². The molecule has 1 aromatic carbocycles. The molecule has 2 N–H and O–H groups in total. The van der Waals surface area contributed by atoms with E-state index in [1.165, 1.54) is 6.07 Å². The Bertz CT molecular complexity index is 540. The number of benzene rings is 1. The fraction of sp³-hybridized carbons (Fsp3) is 0.588. The van der Waals surface area contributed by atoms with Gasteiger partial charge in [-0.15, -0.1) is 0 Å². The molecule has 1 aliphatic rings. The second-order valence-corrected chi connectivity index (χ2v) is 6.90. The summed E-state index contributed by atoms with van der Waals surface area (Å²) in [6.07, 6.45) is 1.05. The van der Waals surface area contributed by atoms with Gasteiger partial charge in [-0.1, -0.05) is 17.7 Å². The fourth-order valence-corrected chi connectivity index (χ4v) is 2.69. The predicted molar refractivity (Wildman–Crippen MR) is 84.3 cm³/mol. The molecule has 0 radical (unpaired) electrons. The van der Waals surface area contributed by atoms with Gasteiger partial charge in [-0.3, -0.25) is 0 Å². The number of hydrogen-bond donors (Lipinski definition) is 2. The Hall–Kier alpha value is -1.62. The summed E-state index contributed by atoms with van der Waals surface area (Å²) in [7, 11) is 0. The first-order valence-electron chi connectivity index (χ1n) is 7.73. The molecule has 1 aromatic rings. The Morgan fingerprint density at radius 2 is 2.14 bits per heavy atom. The van der Waals surface area contributed by atoms with Crippen LogP contribution in [0.1, 0.15) is 50.8 Å². The third-order valence-corrected chi connectivity index (χ3v) is 3.65. The average Bonchev–Trinajstić information content (AvgIpc) is 2.39. The second kappa shape index (κ2) is 6.65. The van der Waals surface area contributed by atoms with Crippen LogP contribution in [0.25, 0.3) is 0 Å². The smallest absolute Gasteiger partial charge is 0.407 e. The third-order valence-electron chi connectivity index (χ3n) is 3.65. The maximum Gasteiger partial charge on any atom is 0.407 e. The minimum atomic E-state index is -0.515. The number of alkyl carbamates (subject to hydrolysis) is 1. The highest BCUT2D eigenvalue weighted by molar-refractivity contribution is 5.68. The zero-order chi connectivity index (χ0) is 16.3. The number of rotatable bonds is 2. The zero-order valence-electron chi connectivity index (χ0n) is 13.7. The highest BCUT2D eigenvalue weighted by Crippen LogP contribution is 2.26. The Morgan fingerprint density at radius 1 is 1.41 bits per heavy atom. The van der Waals surface area contributed by atoms with Crippen molar-refractivity contribution in [2.24, 2.45) is 0 Å². The summed E-state index contributed by atoms with van der Waals surface area (Å²) in [4.78, 5) is 11.9. The molecule has 1 aliphatic heterocycles. The number of hydrogen-bond acceptors (Lipinski definition) is 3. The van der Waals surface area contributed by atoms with E-state index in [1.54, 1.807) is 6.07 Å². The Labute approximate surface area is 131 Å². The highest BCUT2D eigenvalue weighted by atomic mass is 19.1. The quantitative estimate of drug-likeness (QED) is 0.880. The lowest BCUT2D eigenvalue weighted by atomic mass is 9.92. The van der Waals surface area contributed by atoms with Crippen molar-refractivity contribution in [3.8, 4) is 0 Å². The summed E-state index contributed by atoms with van der Waals surface area (Å²) < 4.78 is 19.3. The summed E-state index contributed by atoms with van der Waals surface area (Å²) in [6, 6.07) is 5.02. The Kier molecular flexibility index (Phi) is 5.06. The third kappa shape index (κ3) is 4.70. The Morgan fingerprint density at radius 3 is 2.82 bits per heavy atom. The maximum absolute atomic E-state index is 14.0. The van der Waals surface area contributed by atoms with E-state index in [-0.39, 0.29) is 17.9 Å². The van der Waals surface area contributed by atoms with Crippen LogP contribution in [0.3, 0.4) is 0 Å². The van der Waals surface area contributed by atoms with Crippen LogP contribution in [-0.2, 0) is 4.74 Å². The molecule has 1 saturated heterocycles. The van der Waals surface area contributed by atoms with E-state index in [1.807, 2.05) is 33.8 Å². The van der Waals surface area contributed by atoms with Crippen molar-refractivity contribution in [1.82, 2.24) is 10.6 Å². The number of aryl methyl sites for hydroxylation is 1. The maximum atomic E-state index is 14.0. The number of ether oxygens (including phenoxy) is 1. The molecule has 0 saturated carbocycles. The first-order chi connectivity index (χ1) is 10.2. The molecule has 5 heteroatoms. The molecular weight excluding hydrogens is 283 g/mol. The number of nitrogens with one attached hydrogen (secondary N) is 2. The topological polar surface area (TPSA) is 50.4 Å². The van der Waals surface area contributed by atoms with Crippen molar-refractivity contribution in [1.29, 1.82) is 0 Å². The zero-order valence-corrected chi connectivity index (χ0v) is 13.7. The summed E-state index contributed by atoms with van der Waals surface area (Å²) in [5, 5.41) is 6.21. The van der Waals surface area contributed by atoms with Crippen LogP contribution in [0.4, 0.5) is 9.18 Å². The molecule has 1 fully saturated rings. The number of carbonyl (C=O) groups excluding carboxylic acids is 1. The summed E-state index contributed by atoms with van der Waals surface area (Å²) >= 11 is 0. The van der Waals surface area contributed by atoms with Gasteiger partial charge < -0.3 is 15.4 Å². The lowest BCUT2D eigenvalue weighted by Crippen LogP contribution is -2.46. The molecule has 1 heterocycles. The van der Waals surface area contributed by atoms with Crippen LogP contribution < -0.4 is 10.6 Å². The number of halogens is 1. The molecule has 0 unspecified atom stereocenters. The van der Waals surface area contributed by atoms with Crippen molar-refractivity contribution in [3.05, 3.63) is 35.1 Å². The number of carbonyl (C=O) groups is 1. The van der Waals surface area contributed by atoms with Crippen LogP contribution in [0, 0.1) is 12.7 Å². The lowest BCUT2D eigenvalue weighted by molar-refractivity contribution is 0.0490. The first kappa shape index (κ1) is 16.7. The SMILES string of the molecule is Cc1ccc(F)c([C@@H]2C[C@H](NC(=O)OC(C)(C)C)CCN2)c1. The lowest BCUT2D eigenvalue weighted by Gasteiger charge is -2.32. The molecule has 4 nitrogen and oxygen atoms in total. The van der Waals surface area contributed by atoms with Crippen molar-refractivity contribution in [3.63, 3.8) is 0 Å². The van der Waals surface area contributed by atoms with Crippen molar-refractivity contribution >= 4 is 6.09 Å². The molecule has 122 valence electrons.